The fourth-order valence-electron chi connectivity index (χ4n) is 4.01. The second-order valence-corrected chi connectivity index (χ2v) is 12.6. The minimum absolute atomic E-state index is 0.233. The van der Waals surface area contributed by atoms with Crippen LogP contribution in [-0.2, 0) is 30.4 Å². The number of hydrogen-bond acceptors (Lipinski definition) is 10. The molecule has 1 aliphatic heterocycles. The van der Waals surface area contributed by atoms with E-state index in [2.05, 4.69) is 0 Å². The molecule has 39 heavy (non-hydrogen) atoms. The molecule has 2 aromatic carbocycles. The van der Waals surface area contributed by atoms with Crippen LogP contribution in [0.4, 0.5) is 0 Å². The lowest BCUT2D eigenvalue weighted by atomic mass is 9.92. The van der Waals surface area contributed by atoms with Gasteiger partial charge in [-0.2, -0.15) is 25.3 Å². The zero-order chi connectivity index (χ0) is 29.4. The van der Waals surface area contributed by atoms with Gasteiger partial charge < -0.3 is 14.6 Å². The number of carbonyl (C=O) groups is 1. The number of halogens is 1. The first-order chi connectivity index (χ1) is 17.7. The van der Waals surface area contributed by atoms with Crippen LogP contribution in [0.1, 0.15) is 15.9 Å². The lowest BCUT2D eigenvalue weighted by Crippen LogP contribution is -2.18. The number of phenolic OH excluding ortho intramolecular Hbond substituents is 1. The Balaban J connectivity index is 2.48. The summed E-state index contributed by atoms with van der Waals surface area (Å²) in [6.07, 6.45) is 0. The highest BCUT2D eigenvalue weighted by Crippen LogP contribution is 2.48. The van der Waals surface area contributed by atoms with Crippen molar-refractivity contribution in [2.24, 2.45) is 0 Å². The van der Waals surface area contributed by atoms with Crippen molar-refractivity contribution in [1.82, 2.24) is 0 Å². The largest absolute Gasteiger partial charge is 0.506 e. The Morgan fingerprint density at radius 3 is 1.97 bits per heavy atom. The Morgan fingerprint density at radius 1 is 0.872 bits per heavy atom. The summed E-state index contributed by atoms with van der Waals surface area (Å²) in [5, 5.41) is 18.5. The monoisotopic (exact) mass is 620 g/mol. The zero-order valence-electron chi connectivity index (χ0n) is 18.9. The Hall–Kier alpha value is -3.58. The molecule has 0 spiro atoms. The molecule has 0 fully saturated rings. The number of benzene rings is 3. The van der Waals surface area contributed by atoms with Gasteiger partial charge in [-0.3, -0.25) is 18.5 Å². The normalized spacial score (nSPS) is 12.7. The fraction of sp³-hybridized carbons (Fsp3) is 0.0476. The molecule has 0 bridgehead atoms. The maximum Gasteiger partial charge on any atom is 0.335 e. The van der Waals surface area contributed by atoms with E-state index >= 15 is 0 Å². The molecule has 4 rings (SSSR count). The van der Waals surface area contributed by atoms with Gasteiger partial charge in [0.05, 0.1) is 10.6 Å². The van der Waals surface area contributed by atoms with Crippen molar-refractivity contribution in [3.63, 3.8) is 0 Å². The smallest absolute Gasteiger partial charge is 0.335 e. The second-order valence-electron chi connectivity index (χ2n) is 8.06. The highest BCUT2D eigenvalue weighted by molar-refractivity contribution is 7.86. The minimum Gasteiger partial charge on any atom is -0.506 e. The number of rotatable bonds is 5. The zero-order valence-corrected chi connectivity index (χ0v) is 22.1. The third-order valence-electron chi connectivity index (χ3n) is 5.58. The van der Waals surface area contributed by atoms with Crippen LogP contribution in [0.15, 0.2) is 54.2 Å². The number of hydrogen-bond donors (Lipinski definition) is 5. The number of phenols is 1. The fourth-order valence-corrected chi connectivity index (χ4v) is 6.52. The number of carboxylic acid groups (broad SMARTS) is 1. The van der Waals surface area contributed by atoms with Crippen molar-refractivity contribution in [2.75, 3.05) is 0 Å². The van der Waals surface area contributed by atoms with Gasteiger partial charge in [-0.05, 0) is 36.8 Å². The maximum atomic E-state index is 12.6. The first-order valence-corrected chi connectivity index (χ1v) is 14.7. The van der Waals surface area contributed by atoms with Crippen molar-refractivity contribution in [2.45, 2.75) is 21.6 Å². The van der Waals surface area contributed by atoms with E-state index in [1.165, 1.54) is 6.92 Å². The van der Waals surface area contributed by atoms with Crippen molar-refractivity contribution >= 4 is 58.9 Å². The van der Waals surface area contributed by atoms with Crippen LogP contribution in [0.2, 0.25) is 5.02 Å². The van der Waals surface area contributed by atoms with Crippen LogP contribution >= 0.6 is 11.6 Å². The van der Waals surface area contributed by atoms with E-state index in [1.807, 2.05) is 0 Å². The van der Waals surface area contributed by atoms with Crippen LogP contribution in [0.3, 0.4) is 0 Å². The Morgan fingerprint density at radius 2 is 1.46 bits per heavy atom. The molecule has 5 N–H and O–H groups in total. The van der Waals surface area contributed by atoms with Crippen LogP contribution in [0, 0.1) is 6.92 Å². The van der Waals surface area contributed by atoms with Crippen molar-refractivity contribution < 1.29 is 58.3 Å². The van der Waals surface area contributed by atoms with E-state index < -0.39 is 106 Å². The molecule has 0 unspecified atom stereocenters. The minimum atomic E-state index is -5.48. The first kappa shape index (κ1) is 28.4. The SMILES string of the molecule is Cc1cc2c(-c3ccc(C(=O)O)cc3S(=O)(=O)O)c3cc(Cl)c(=O)c(S(=O)(=O)O)c-3oc2c(S(=O)(=O)O)c1O. The van der Waals surface area contributed by atoms with Gasteiger partial charge in [0, 0.05) is 22.1 Å². The number of aromatic hydroxyl groups is 1. The summed E-state index contributed by atoms with van der Waals surface area (Å²) >= 11 is 5.92. The van der Waals surface area contributed by atoms with E-state index in [0.717, 1.165) is 24.3 Å². The van der Waals surface area contributed by atoms with Gasteiger partial charge in [0.1, 0.15) is 10.6 Å². The summed E-state index contributed by atoms with van der Waals surface area (Å²) in [6, 6.07) is 4.11. The third-order valence-corrected chi connectivity index (χ3v) is 8.54. The molecule has 0 atom stereocenters. The van der Waals surface area contributed by atoms with Crippen LogP contribution < -0.4 is 5.43 Å². The van der Waals surface area contributed by atoms with Crippen molar-refractivity contribution in [3.05, 3.63) is 56.7 Å². The van der Waals surface area contributed by atoms with Crippen molar-refractivity contribution in [3.8, 4) is 28.2 Å². The standard InChI is InChI=1S/C21H13ClO14S3/c1-7-4-10-14(9-3-2-8(21(25)26)5-13(9)37(27,28)29)11-6-12(22)16(24)20(39(33,34)35)18(11)36-17(10)19(15(7)23)38(30,31)32/h2-6,23H,1H3,(H,25,26)(H,27,28,29)(H,30,31,32)(H,33,34,35). The van der Waals surface area contributed by atoms with E-state index in [1.54, 1.807) is 0 Å². The van der Waals surface area contributed by atoms with E-state index in [0.29, 0.717) is 6.07 Å². The van der Waals surface area contributed by atoms with Gasteiger partial charge in [-0.1, -0.05) is 17.7 Å². The topological polar surface area (TPSA) is 251 Å². The molecule has 206 valence electrons. The molecule has 0 saturated carbocycles. The number of fused-ring (bicyclic) bond motifs is 2. The van der Waals surface area contributed by atoms with E-state index in [-0.39, 0.29) is 5.56 Å². The Bertz CT molecular complexity index is 2110. The Labute approximate surface area is 223 Å². The van der Waals surface area contributed by atoms with Gasteiger partial charge in [0.25, 0.3) is 10.1 Å². The highest BCUT2D eigenvalue weighted by atomic mass is 35.5. The predicted molar refractivity (Wildman–Crippen MR) is 132 cm³/mol. The molecule has 0 saturated heterocycles. The Kier molecular flexibility index (Phi) is 6.55. The molecule has 18 heteroatoms. The summed E-state index contributed by atoms with van der Waals surface area (Å²) in [5.41, 5.74) is -4.97. The molecular weight excluding hydrogens is 608 g/mol. The average Bonchev–Trinajstić information content (AvgIpc) is 2.77. The lowest BCUT2D eigenvalue weighted by Gasteiger charge is -2.20. The molecule has 0 amide bonds. The lowest BCUT2D eigenvalue weighted by molar-refractivity contribution is 0.0696. The molecule has 2 aromatic rings. The first-order valence-electron chi connectivity index (χ1n) is 10.0. The summed E-state index contributed by atoms with van der Waals surface area (Å²) < 4.78 is 108. The molecule has 14 nitrogen and oxygen atoms in total. The summed E-state index contributed by atoms with van der Waals surface area (Å²) in [7, 11) is -16.1. The number of carboxylic acids is 1. The van der Waals surface area contributed by atoms with Crippen molar-refractivity contribution in [1.29, 1.82) is 0 Å². The quantitative estimate of drug-likeness (QED) is 0.159. The van der Waals surface area contributed by atoms with Crippen LogP contribution in [0.25, 0.3) is 33.4 Å². The summed E-state index contributed by atoms with van der Waals surface area (Å²) in [6.45, 7) is 1.17. The summed E-state index contributed by atoms with van der Waals surface area (Å²) in [5.74, 6) is -3.75. The molecule has 1 aliphatic carbocycles. The van der Waals surface area contributed by atoms with Gasteiger partial charge in [-0.15, -0.1) is 0 Å². The van der Waals surface area contributed by atoms with Gasteiger partial charge in [0.15, 0.2) is 21.1 Å². The van der Waals surface area contributed by atoms with E-state index in [9.17, 15) is 58.7 Å². The average molecular weight is 621 g/mol. The second kappa shape index (κ2) is 8.98. The third kappa shape index (κ3) is 4.73. The summed E-state index contributed by atoms with van der Waals surface area (Å²) in [4.78, 5) is 20.2. The maximum absolute atomic E-state index is 12.6. The molecule has 0 radical (unpaired) electrons. The van der Waals surface area contributed by atoms with Gasteiger partial charge in [-0.25, -0.2) is 4.79 Å². The molecule has 2 aliphatic rings. The van der Waals surface area contributed by atoms with Crippen LogP contribution in [-0.4, -0.2) is 55.1 Å². The highest BCUT2D eigenvalue weighted by Gasteiger charge is 2.35. The molecule has 0 aromatic heterocycles. The molecule has 1 heterocycles. The molecular formula is C21H13ClO14S3. The van der Waals surface area contributed by atoms with Gasteiger partial charge in [0.2, 0.25) is 5.43 Å². The predicted octanol–water partition coefficient (Wildman–Crippen LogP) is 2.67. The van der Waals surface area contributed by atoms with E-state index in [4.69, 9.17) is 16.0 Å². The number of aromatic carboxylic acids is 1. The van der Waals surface area contributed by atoms with Gasteiger partial charge >= 0.3 is 26.2 Å². The number of aryl methyl sites for hydroxylation is 1. The van der Waals surface area contributed by atoms with Crippen LogP contribution in [0.5, 0.6) is 5.75 Å².